The summed E-state index contributed by atoms with van der Waals surface area (Å²) in [7, 11) is 0. The fourth-order valence-electron chi connectivity index (χ4n) is 1.52. The van der Waals surface area contributed by atoms with Crippen LogP contribution in [0.15, 0.2) is 18.2 Å². The smallest absolute Gasteiger partial charge is 0.231 e. The molecule has 0 aromatic heterocycles. The van der Waals surface area contributed by atoms with Gasteiger partial charge in [-0.3, -0.25) is 4.79 Å². The quantitative estimate of drug-likeness (QED) is 0.853. The zero-order chi connectivity index (χ0) is 11.8. The van der Waals surface area contributed by atoms with Gasteiger partial charge in [-0.1, -0.05) is 11.6 Å². The molecule has 5 heteroatoms. The number of hydrogen-bond acceptors (Lipinski definition) is 2. The number of rotatable bonds is 3. The van der Waals surface area contributed by atoms with Gasteiger partial charge in [-0.2, -0.15) is 0 Å². The highest BCUT2D eigenvalue weighted by atomic mass is 35.5. The van der Waals surface area contributed by atoms with Gasteiger partial charge in [-0.15, -0.1) is 0 Å². The Morgan fingerprint density at radius 3 is 2.75 bits per heavy atom. The molecule has 0 saturated heterocycles. The molecule has 3 N–H and O–H groups in total. The Hall–Kier alpha value is -1.13. The molecule has 16 heavy (non-hydrogen) atoms. The number of carbonyl (C=O) groups is 1. The molecule has 0 aliphatic heterocycles. The van der Waals surface area contributed by atoms with E-state index in [2.05, 4.69) is 5.32 Å². The number of halogens is 2. The Bertz CT molecular complexity index is 432. The van der Waals surface area contributed by atoms with Crippen molar-refractivity contribution in [3.05, 3.63) is 29.0 Å². The summed E-state index contributed by atoms with van der Waals surface area (Å²) in [5.41, 5.74) is 5.52. The van der Waals surface area contributed by atoms with Gasteiger partial charge in [0.05, 0.1) is 16.1 Å². The molecule has 1 aliphatic carbocycles. The van der Waals surface area contributed by atoms with Crippen molar-refractivity contribution in [3.63, 3.8) is 0 Å². The van der Waals surface area contributed by atoms with Gasteiger partial charge in [0.2, 0.25) is 5.91 Å². The third-order valence-electron chi connectivity index (χ3n) is 2.91. The zero-order valence-corrected chi connectivity index (χ0v) is 9.35. The first-order valence-electron chi connectivity index (χ1n) is 5.04. The lowest BCUT2D eigenvalue weighted by atomic mass is 10.1. The molecule has 86 valence electrons. The summed E-state index contributed by atoms with van der Waals surface area (Å²) in [5.74, 6) is -0.563. The Morgan fingerprint density at radius 1 is 1.56 bits per heavy atom. The van der Waals surface area contributed by atoms with Crippen LogP contribution in [0.2, 0.25) is 5.02 Å². The van der Waals surface area contributed by atoms with Crippen LogP contribution >= 0.6 is 11.6 Å². The number of nitrogens with two attached hydrogens (primary N) is 1. The van der Waals surface area contributed by atoms with Crippen molar-refractivity contribution in [3.8, 4) is 0 Å². The topological polar surface area (TPSA) is 55.1 Å². The molecule has 0 spiro atoms. The van der Waals surface area contributed by atoms with Crippen LogP contribution in [-0.2, 0) is 4.79 Å². The first kappa shape index (κ1) is 11.4. The lowest BCUT2D eigenvalue weighted by molar-refractivity contribution is -0.120. The summed E-state index contributed by atoms with van der Waals surface area (Å²) in [5, 5.41) is 2.87. The van der Waals surface area contributed by atoms with Crippen molar-refractivity contribution in [2.45, 2.75) is 12.8 Å². The molecule has 1 saturated carbocycles. The van der Waals surface area contributed by atoms with E-state index in [0.717, 1.165) is 12.8 Å². The lowest BCUT2D eigenvalue weighted by Crippen LogP contribution is -2.30. The maximum Gasteiger partial charge on any atom is 0.231 e. The number of hydrogen-bond donors (Lipinski definition) is 2. The van der Waals surface area contributed by atoms with E-state index in [1.807, 2.05) is 0 Å². The molecule has 0 unspecified atom stereocenters. The van der Waals surface area contributed by atoms with E-state index in [1.54, 1.807) is 0 Å². The number of amides is 1. The van der Waals surface area contributed by atoms with E-state index >= 15 is 0 Å². The molecule has 1 aromatic rings. The van der Waals surface area contributed by atoms with Crippen LogP contribution in [0.1, 0.15) is 12.8 Å². The van der Waals surface area contributed by atoms with Crippen molar-refractivity contribution in [2.24, 2.45) is 11.1 Å². The van der Waals surface area contributed by atoms with Gasteiger partial charge in [0.15, 0.2) is 0 Å². The molecule has 1 aromatic carbocycles. The lowest BCUT2D eigenvalue weighted by Gasteiger charge is -2.13. The van der Waals surface area contributed by atoms with E-state index in [4.69, 9.17) is 17.3 Å². The van der Waals surface area contributed by atoms with Gasteiger partial charge in [0.25, 0.3) is 0 Å². The molecule has 3 nitrogen and oxygen atoms in total. The van der Waals surface area contributed by atoms with Crippen molar-refractivity contribution >= 4 is 23.2 Å². The van der Waals surface area contributed by atoms with Crippen LogP contribution in [0.5, 0.6) is 0 Å². The minimum Gasteiger partial charge on any atom is -0.329 e. The molecule has 2 rings (SSSR count). The summed E-state index contributed by atoms with van der Waals surface area (Å²) in [4.78, 5) is 11.8. The van der Waals surface area contributed by atoms with Crippen LogP contribution in [-0.4, -0.2) is 12.5 Å². The Kier molecular flexibility index (Phi) is 2.86. The minimum atomic E-state index is -0.433. The summed E-state index contributed by atoms with van der Waals surface area (Å²) in [6.45, 7) is 0.331. The number of anilines is 1. The minimum absolute atomic E-state index is 0.136. The van der Waals surface area contributed by atoms with Crippen LogP contribution in [0.25, 0.3) is 0 Å². The second kappa shape index (κ2) is 4.03. The van der Waals surface area contributed by atoms with Gasteiger partial charge in [-0.05, 0) is 31.0 Å². The number of benzene rings is 1. The SMILES string of the molecule is NCC1(C(=O)Nc2ccc(F)cc2Cl)CC1. The zero-order valence-electron chi connectivity index (χ0n) is 8.59. The summed E-state index contributed by atoms with van der Waals surface area (Å²) < 4.78 is 12.8. The largest absolute Gasteiger partial charge is 0.329 e. The monoisotopic (exact) mass is 242 g/mol. The van der Waals surface area contributed by atoms with Crippen molar-refractivity contribution < 1.29 is 9.18 Å². The molecule has 1 fully saturated rings. The first-order chi connectivity index (χ1) is 7.57. The highest BCUT2D eigenvalue weighted by Crippen LogP contribution is 2.45. The fourth-order valence-corrected chi connectivity index (χ4v) is 1.73. The van der Waals surface area contributed by atoms with Crippen molar-refractivity contribution in [1.29, 1.82) is 0 Å². The highest BCUT2D eigenvalue weighted by molar-refractivity contribution is 6.33. The Balaban J connectivity index is 2.12. The maximum atomic E-state index is 12.8. The highest BCUT2D eigenvalue weighted by Gasteiger charge is 2.48. The third-order valence-corrected chi connectivity index (χ3v) is 3.22. The normalized spacial score (nSPS) is 16.9. The van der Waals surface area contributed by atoms with Crippen LogP contribution in [0.3, 0.4) is 0 Å². The maximum absolute atomic E-state index is 12.8. The molecular weight excluding hydrogens is 231 g/mol. The predicted molar refractivity (Wildman–Crippen MR) is 60.8 cm³/mol. The van der Waals surface area contributed by atoms with Crippen LogP contribution in [0.4, 0.5) is 10.1 Å². The van der Waals surface area contributed by atoms with Gasteiger partial charge in [0, 0.05) is 6.54 Å². The number of carbonyl (C=O) groups excluding carboxylic acids is 1. The molecule has 0 atom stereocenters. The van der Waals surface area contributed by atoms with E-state index in [-0.39, 0.29) is 10.9 Å². The van der Waals surface area contributed by atoms with Crippen LogP contribution < -0.4 is 11.1 Å². The molecular formula is C11H12ClFN2O. The van der Waals surface area contributed by atoms with E-state index in [1.165, 1.54) is 18.2 Å². The summed E-state index contributed by atoms with van der Waals surface area (Å²) in [6, 6.07) is 3.87. The Morgan fingerprint density at radius 2 is 2.25 bits per heavy atom. The van der Waals surface area contributed by atoms with E-state index in [9.17, 15) is 9.18 Å². The molecule has 1 aliphatic rings. The molecule has 0 bridgehead atoms. The summed E-state index contributed by atoms with van der Waals surface area (Å²) >= 11 is 5.80. The van der Waals surface area contributed by atoms with Gasteiger partial charge in [-0.25, -0.2) is 4.39 Å². The second-order valence-corrected chi connectivity index (χ2v) is 4.47. The van der Waals surface area contributed by atoms with Gasteiger partial charge >= 0.3 is 0 Å². The second-order valence-electron chi connectivity index (χ2n) is 4.06. The first-order valence-corrected chi connectivity index (χ1v) is 5.42. The molecule has 0 radical (unpaired) electrons. The van der Waals surface area contributed by atoms with E-state index in [0.29, 0.717) is 12.2 Å². The third kappa shape index (κ3) is 2.03. The van der Waals surface area contributed by atoms with Crippen molar-refractivity contribution in [1.82, 2.24) is 0 Å². The Labute approximate surface area is 97.8 Å². The number of nitrogens with one attached hydrogen (secondary N) is 1. The average Bonchev–Trinajstić information content (AvgIpc) is 3.03. The fraction of sp³-hybridized carbons (Fsp3) is 0.364. The standard InChI is InChI=1S/C11H12ClFN2O/c12-8-5-7(13)1-2-9(8)15-10(16)11(6-14)3-4-11/h1-2,5H,3-4,6,14H2,(H,15,16). The predicted octanol–water partition coefficient (Wildman–Crippen LogP) is 2.16. The van der Waals surface area contributed by atoms with E-state index < -0.39 is 11.2 Å². The summed E-state index contributed by atoms with van der Waals surface area (Å²) in [6.07, 6.45) is 1.60. The van der Waals surface area contributed by atoms with Gasteiger partial charge < -0.3 is 11.1 Å². The molecule has 1 amide bonds. The van der Waals surface area contributed by atoms with Crippen LogP contribution in [0, 0.1) is 11.2 Å². The molecule has 0 heterocycles. The average molecular weight is 243 g/mol. The van der Waals surface area contributed by atoms with Crippen molar-refractivity contribution in [2.75, 3.05) is 11.9 Å². The van der Waals surface area contributed by atoms with Gasteiger partial charge in [0.1, 0.15) is 5.82 Å².